The van der Waals surface area contributed by atoms with Crippen LogP contribution in [0.3, 0.4) is 0 Å². The molecule has 0 aliphatic rings. The van der Waals surface area contributed by atoms with Gasteiger partial charge in [0.25, 0.3) is 0 Å². The van der Waals surface area contributed by atoms with Crippen molar-refractivity contribution in [3.05, 3.63) is 41.2 Å². The Bertz CT molecular complexity index is 663. The van der Waals surface area contributed by atoms with E-state index in [1.165, 1.54) is 11.1 Å². The molecule has 1 aromatic carbocycles. The molecule has 0 atom stereocenters. The van der Waals surface area contributed by atoms with Crippen LogP contribution >= 0.6 is 0 Å². The maximum absolute atomic E-state index is 12.0. The van der Waals surface area contributed by atoms with Gasteiger partial charge >= 0.3 is 0 Å². The fourth-order valence-corrected chi connectivity index (χ4v) is 2.69. The number of benzene rings is 1. The van der Waals surface area contributed by atoms with Gasteiger partial charge in [-0.3, -0.25) is 4.79 Å². The van der Waals surface area contributed by atoms with Crippen LogP contribution in [0.4, 0.5) is 11.5 Å². The molecule has 0 radical (unpaired) electrons. The highest BCUT2D eigenvalue weighted by Gasteiger charge is 2.14. The van der Waals surface area contributed by atoms with Gasteiger partial charge in [0, 0.05) is 24.7 Å². The van der Waals surface area contributed by atoms with Crippen molar-refractivity contribution >= 4 is 17.4 Å². The van der Waals surface area contributed by atoms with Gasteiger partial charge in [0.1, 0.15) is 5.76 Å². The molecule has 0 aliphatic carbocycles. The lowest BCUT2D eigenvalue weighted by Crippen LogP contribution is -2.17. The number of aryl methyl sites for hydroxylation is 1. The predicted molar refractivity (Wildman–Crippen MR) is 97.6 cm³/mol. The molecule has 1 amide bonds. The van der Waals surface area contributed by atoms with Gasteiger partial charge in [0.15, 0.2) is 5.82 Å². The van der Waals surface area contributed by atoms with Gasteiger partial charge in [0.05, 0.1) is 0 Å². The van der Waals surface area contributed by atoms with E-state index >= 15 is 0 Å². The van der Waals surface area contributed by atoms with Gasteiger partial charge in [-0.25, -0.2) is 0 Å². The Hall–Kier alpha value is -2.30. The standard InChI is InChI=1S/C19H27N3O2/c1-12(2)15-7-6-8-16(13(3)4)19(15)20-10-9-18(23)21-17-11-14(5)24-22-17/h6-8,11-13,20H,9-10H2,1-5H3,(H,21,22,23). The first-order chi connectivity index (χ1) is 11.4. The number of hydrogen-bond acceptors (Lipinski definition) is 4. The van der Waals surface area contributed by atoms with Crippen molar-refractivity contribution in [1.29, 1.82) is 0 Å². The van der Waals surface area contributed by atoms with E-state index in [-0.39, 0.29) is 5.91 Å². The molecular formula is C19H27N3O2. The second-order valence-electron chi connectivity index (χ2n) is 6.67. The van der Waals surface area contributed by atoms with Crippen LogP contribution in [0.15, 0.2) is 28.8 Å². The van der Waals surface area contributed by atoms with Crippen LogP contribution in [0.25, 0.3) is 0 Å². The third-order valence-corrected chi connectivity index (χ3v) is 3.92. The van der Waals surface area contributed by atoms with Crippen LogP contribution < -0.4 is 10.6 Å². The Morgan fingerprint density at radius 2 is 1.79 bits per heavy atom. The summed E-state index contributed by atoms with van der Waals surface area (Å²) in [4.78, 5) is 12.0. The first-order valence-electron chi connectivity index (χ1n) is 8.48. The Kier molecular flexibility index (Phi) is 6.01. The third-order valence-electron chi connectivity index (χ3n) is 3.92. The molecule has 5 nitrogen and oxygen atoms in total. The summed E-state index contributed by atoms with van der Waals surface area (Å²) < 4.78 is 4.94. The van der Waals surface area contributed by atoms with Crippen LogP contribution in [0.5, 0.6) is 0 Å². The summed E-state index contributed by atoms with van der Waals surface area (Å²) in [7, 11) is 0. The van der Waals surface area contributed by atoms with Crippen molar-refractivity contribution in [2.24, 2.45) is 0 Å². The minimum atomic E-state index is -0.0797. The summed E-state index contributed by atoms with van der Waals surface area (Å²) in [5, 5.41) is 9.97. The van der Waals surface area contributed by atoms with Crippen molar-refractivity contribution in [1.82, 2.24) is 5.16 Å². The second-order valence-corrected chi connectivity index (χ2v) is 6.67. The first kappa shape index (κ1) is 18.0. The van der Waals surface area contributed by atoms with Crippen molar-refractivity contribution < 1.29 is 9.32 Å². The van der Waals surface area contributed by atoms with Gasteiger partial charge in [-0.05, 0) is 29.9 Å². The van der Waals surface area contributed by atoms with Gasteiger partial charge in [-0.2, -0.15) is 0 Å². The van der Waals surface area contributed by atoms with E-state index in [0.717, 1.165) is 5.69 Å². The Labute approximate surface area is 143 Å². The summed E-state index contributed by atoms with van der Waals surface area (Å²) in [6.07, 6.45) is 0.371. The summed E-state index contributed by atoms with van der Waals surface area (Å²) in [5.41, 5.74) is 3.73. The summed E-state index contributed by atoms with van der Waals surface area (Å²) in [6, 6.07) is 8.11. The second kappa shape index (κ2) is 7.99. The zero-order valence-electron chi connectivity index (χ0n) is 15.1. The van der Waals surface area contributed by atoms with E-state index in [9.17, 15) is 4.79 Å². The summed E-state index contributed by atoms with van der Waals surface area (Å²) in [5.74, 6) is 1.92. The fourth-order valence-electron chi connectivity index (χ4n) is 2.69. The number of para-hydroxylation sites is 1. The largest absolute Gasteiger partial charge is 0.384 e. The molecule has 0 aliphatic heterocycles. The van der Waals surface area contributed by atoms with E-state index in [0.29, 0.717) is 36.4 Å². The quantitative estimate of drug-likeness (QED) is 0.774. The van der Waals surface area contributed by atoms with Crippen LogP contribution in [0, 0.1) is 6.92 Å². The molecule has 2 N–H and O–H groups in total. The maximum Gasteiger partial charge on any atom is 0.227 e. The maximum atomic E-state index is 12.0. The topological polar surface area (TPSA) is 67.2 Å². The number of carbonyl (C=O) groups is 1. The van der Waals surface area contributed by atoms with Crippen LogP contribution in [-0.2, 0) is 4.79 Å². The average molecular weight is 329 g/mol. The molecule has 0 spiro atoms. The molecule has 0 saturated carbocycles. The van der Waals surface area contributed by atoms with Gasteiger partial charge in [-0.15, -0.1) is 0 Å². The van der Waals surface area contributed by atoms with E-state index in [1.807, 2.05) is 0 Å². The summed E-state index contributed by atoms with van der Waals surface area (Å²) in [6.45, 7) is 11.1. The normalized spacial score (nSPS) is 11.1. The van der Waals surface area contributed by atoms with Gasteiger partial charge in [-0.1, -0.05) is 51.1 Å². The molecule has 24 heavy (non-hydrogen) atoms. The molecular weight excluding hydrogens is 302 g/mol. The Morgan fingerprint density at radius 1 is 1.17 bits per heavy atom. The zero-order chi connectivity index (χ0) is 17.7. The number of hydrogen-bond donors (Lipinski definition) is 2. The van der Waals surface area contributed by atoms with Crippen molar-refractivity contribution in [3.63, 3.8) is 0 Å². The number of nitrogens with one attached hydrogen (secondary N) is 2. The highest BCUT2D eigenvalue weighted by Crippen LogP contribution is 2.32. The van der Waals surface area contributed by atoms with Crippen molar-refractivity contribution in [2.75, 3.05) is 17.2 Å². The summed E-state index contributed by atoms with van der Waals surface area (Å²) >= 11 is 0. The van der Waals surface area contributed by atoms with Gasteiger partial charge in [0.2, 0.25) is 5.91 Å². The highest BCUT2D eigenvalue weighted by atomic mass is 16.5. The molecule has 0 fully saturated rings. The first-order valence-corrected chi connectivity index (χ1v) is 8.48. The van der Waals surface area contributed by atoms with E-state index in [4.69, 9.17) is 4.52 Å². The zero-order valence-corrected chi connectivity index (χ0v) is 15.1. The number of carbonyl (C=O) groups excluding carboxylic acids is 1. The molecule has 1 heterocycles. The average Bonchev–Trinajstić information content (AvgIpc) is 2.91. The lowest BCUT2D eigenvalue weighted by Gasteiger charge is -2.20. The van der Waals surface area contributed by atoms with Crippen LogP contribution in [0.1, 0.15) is 62.8 Å². The number of anilines is 2. The molecule has 0 bridgehead atoms. The molecule has 1 aromatic heterocycles. The molecule has 2 rings (SSSR count). The van der Waals surface area contributed by atoms with Crippen LogP contribution in [0.2, 0.25) is 0 Å². The molecule has 0 saturated heterocycles. The monoisotopic (exact) mass is 329 g/mol. The number of nitrogens with zero attached hydrogens (tertiary/aromatic N) is 1. The van der Waals surface area contributed by atoms with E-state index in [2.05, 4.69) is 61.7 Å². The predicted octanol–water partition coefficient (Wildman–Crippen LogP) is 4.67. The van der Waals surface area contributed by atoms with Gasteiger partial charge < -0.3 is 15.2 Å². The third kappa shape index (κ3) is 4.60. The lowest BCUT2D eigenvalue weighted by molar-refractivity contribution is -0.116. The minimum Gasteiger partial charge on any atom is -0.384 e. The molecule has 5 heteroatoms. The molecule has 0 unspecified atom stereocenters. The fraction of sp³-hybridized carbons (Fsp3) is 0.474. The molecule has 2 aromatic rings. The number of aromatic nitrogens is 1. The SMILES string of the molecule is Cc1cc(NC(=O)CCNc2c(C(C)C)cccc2C(C)C)no1. The van der Waals surface area contributed by atoms with E-state index < -0.39 is 0 Å². The lowest BCUT2D eigenvalue weighted by atomic mass is 9.92. The smallest absolute Gasteiger partial charge is 0.227 e. The number of rotatable bonds is 7. The highest BCUT2D eigenvalue weighted by molar-refractivity contribution is 5.90. The molecule has 130 valence electrons. The minimum absolute atomic E-state index is 0.0797. The Morgan fingerprint density at radius 3 is 2.29 bits per heavy atom. The van der Waals surface area contributed by atoms with Crippen LogP contribution in [-0.4, -0.2) is 17.6 Å². The Balaban J connectivity index is 1.99. The van der Waals surface area contributed by atoms with E-state index in [1.54, 1.807) is 13.0 Å². The number of amides is 1. The van der Waals surface area contributed by atoms with Crippen molar-refractivity contribution in [2.45, 2.75) is 52.9 Å². The van der Waals surface area contributed by atoms with Crippen molar-refractivity contribution in [3.8, 4) is 0 Å².